The Labute approximate surface area is 95.4 Å². The molecule has 0 fully saturated rings. The molecule has 1 rings (SSSR count). The molecule has 0 aliphatic heterocycles. The van der Waals surface area contributed by atoms with Crippen molar-refractivity contribution in [3.63, 3.8) is 0 Å². The summed E-state index contributed by atoms with van der Waals surface area (Å²) in [5, 5.41) is 0. The second-order valence-corrected chi connectivity index (χ2v) is 2.85. The number of nitrogen functional groups attached to an aromatic ring is 1. The van der Waals surface area contributed by atoms with E-state index in [9.17, 15) is 4.79 Å². The molecule has 0 saturated heterocycles. The highest BCUT2D eigenvalue weighted by Gasteiger charge is 2.10. The lowest BCUT2D eigenvalue weighted by Gasteiger charge is -2.16. The summed E-state index contributed by atoms with van der Waals surface area (Å²) in [6.07, 6.45) is -0.364. The minimum atomic E-state index is -0.364. The van der Waals surface area contributed by atoms with Gasteiger partial charge >= 0.3 is 6.09 Å². The molecule has 15 heavy (non-hydrogen) atoms. The number of amides is 1. The number of hydrogen-bond donors (Lipinski definition) is 1. The van der Waals surface area contributed by atoms with Crippen LogP contribution in [0.3, 0.4) is 0 Å². The van der Waals surface area contributed by atoms with Crippen LogP contribution in [-0.2, 0) is 4.74 Å². The molecule has 84 valence electrons. The topological polar surface area (TPSA) is 55.6 Å². The van der Waals surface area contributed by atoms with E-state index < -0.39 is 0 Å². The van der Waals surface area contributed by atoms with Crippen molar-refractivity contribution in [2.24, 2.45) is 0 Å². The summed E-state index contributed by atoms with van der Waals surface area (Å²) in [5.41, 5.74) is 6.96. The largest absolute Gasteiger partial charge is 0.449 e. The van der Waals surface area contributed by atoms with Crippen molar-refractivity contribution in [3.8, 4) is 0 Å². The molecule has 0 atom stereocenters. The summed E-state index contributed by atoms with van der Waals surface area (Å²) in [4.78, 5) is 12.7. The van der Waals surface area contributed by atoms with Gasteiger partial charge < -0.3 is 10.5 Å². The number of rotatable bonds is 2. The predicted octanol–water partition coefficient (Wildman–Crippen LogP) is 2.28. The highest BCUT2D eigenvalue weighted by molar-refractivity contribution is 5.87. The quantitative estimate of drug-likeness (QED) is 0.793. The molecule has 0 saturated carbocycles. The normalized spacial score (nSPS) is 8.93. The molecule has 4 nitrogen and oxygen atoms in total. The Bertz CT molecular complexity index is 314. The molecule has 2 N–H and O–H groups in total. The molecule has 0 heterocycles. The van der Waals surface area contributed by atoms with Crippen molar-refractivity contribution in [1.82, 2.24) is 0 Å². The molecule has 5 heteroatoms. The fraction of sp³-hybridized carbons (Fsp3) is 0.300. The predicted molar refractivity (Wildman–Crippen MR) is 63.5 cm³/mol. The highest BCUT2D eigenvalue weighted by Crippen LogP contribution is 2.15. The van der Waals surface area contributed by atoms with Crippen LogP contribution in [0, 0.1) is 0 Å². The second kappa shape index (κ2) is 6.14. The maximum Gasteiger partial charge on any atom is 0.413 e. The summed E-state index contributed by atoms with van der Waals surface area (Å²) >= 11 is 0. The number of halogens is 1. The number of hydrogen-bond acceptors (Lipinski definition) is 3. The SMILES string of the molecule is CCOC(=O)N(C)c1ccc(N)cc1.Cl. The molecular formula is C10H15ClN2O2. The lowest BCUT2D eigenvalue weighted by atomic mass is 10.3. The van der Waals surface area contributed by atoms with E-state index in [0.29, 0.717) is 12.3 Å². The minimum absolute atomic E-state index is 0. The molecule has 0 unspecified atom stereocenters. The summed E-state index contributed by atoms with van der Waals surface area (Å²) in [6.45, 7) is 2.15. The first-order chi connectivity index (χ1) is 6.65. The Morgan fingerprint density at radius 2 is 1.93 bits per heavy atom. The van der Waals surface area contributed by atoms with E-state index in [2.05, 4.69) is 0 Å². The summed E-state index contributed by atoms with van der Waals surface area (Å²) in [6, 6.07) is 7.02. The van der Waals surface area contributed by atoms with Crippen molar-refractivity contribution < 1.29 is 9.53 Å². The average molecular weight is 231 g/mol. The van der Waals surface area contributed by atoms with Crippen LogP contribution in [0.25, 0.3) is 0 Å². The fourth-order valence-electron chi connectivity index (χ4n) is 1.02. The van der Waals surface area contributed by atoms with E-state index in [-0.39, 0.29) is 18.5 Å². The number of ether oxygens (including phenoxy) is 1. The Morgan fingerprint density at radius 1 is 1.40 bits per heavy atom. The van der Waals surface area contributed by atoms with E-state index in [1.54, 1.807) is 38.2 Å². The van der Waals surface area contributed by atoms with Crippen LogP contribution in [0.15, 0.2) is 24.3 Å². The van der Waals surface area contributed by atoms with Crippen molar-refractivity contribution in [2.45, 2.75) is 6.92 Å². The summed E-state index contributed by atoms with van der Waals surface area (Å²) < 4.78 is 4.84. The Kier molecular flexibility index (Phi) is 5.56. The van der Waals surface area contributed by atoms with E-state index >= 15 is 0 Å². The highest BCUT2D eigenvalue weighted by atomic mass is 35.5. The fourth-order valence-corrected chi connectivity index (χ4v) is 1.02. The van der Waals surface area contributed by atoms with Gasteiger partial charge in [0.2, 0.25) is 0 Å². The van der Waals surface area contributed by atoms with E-state index in [1.807, 2.05) is 0 Å². The first-order valence-electron chi connectivity index (χ1n) is 4.41. The number of nitrogens with zero attached hydrogens (tertiary/aromatic N) is 1. The summed E-state index contributed by atoms with van der Waals surface area (Å²) in [5.74, 6) is 0. The molecule has 0 aromatic heterocycles. The zero-order valence-electron chi connectivity index (χ0n) is 8.77. The van der Waals surface area contributed by atoms with Gasteiger partial charge in [-0.05, 0) is 31.2 Å². The van der Waals surface area contributed by atoms with Gasteiger partial charge in [-0.3, -0.25) is 4.90 Å². The lowest BCUT2D eigenvalue weighted by Crippen LogP contribution is -2.26. The van der Waals surface area contributed by atoms with Gasteiger partial charge in [-0.1, -0.05) is 0 Å². The minimum Gasteiger partial charge on any atom is -0.449 e. The van der Waals surface area contributed by atoms with Gasteiger partial charge in [0, 0.05) is 18.4 Å². The van der Waals surface area contributed by atoms with Crippen LogP contribution in [0.5, 0.6) is 0 Å². The van der Waals surface area contributed by atoms with Gasteiger partial charge in [-0.2, -0.15) is 0 Å². The molecule has 0 aliphatic rings. The molecule has 1 aromatic carbocycles. The van der Waals surface area contributed by atoms with E-state index in [1.165, 1.54) is 4.90 Å². The number of anilines is 2. The monoisotopic (exact) mass is 230 g/mol. The van der Waals surface area contributed by atoms with Crippen molar-refractivity contribution in [2.75, 3.05) is 24.3 Å². The Morgan fingerprint density at radius 3 is 2.40 bits per heavy atom. The third-order valence-corrected chi connectivity index (χ3v) is 1.82. The Balaban J connectivity index is 0.00000196. The first-order valence-corrected chi connectivity index (χ1v) is 4.41. The van der Waals surface area contributed by atoms with Crippen molar-refractivity contribution >= 4 is 29.9 Å². The molecule has 1 amide bonds. The molecule has 0 radical (unpaired) electrons. The zero-order chi connectivity index (χ0) is 10.6. The second-order valence-electron chi connectivity index (χ2n) is 2.85. The van der Waals surface area contributed by atoms with Crippen LogP contribution < -0.4 is 10.6 Å². The molecule has 0 aliphatic carbocycles. The molecular weight excluding hydrogens is 216 g/mol. The standard InChI is InChI=1S/C10H14N2O2.ClH/c1-3-14-10(13)12(2)9-6-4-8(11)5-7-9;/h4-7H,3,11H2,1-2H3;1H. The molecule has 1 aromatic rings. The number of nitrogens with two attached hydrogens (primary N) is 1. The van der Waals surface area contributed by atoms with Crippen LogP contribution >= 0.6 is 12.4 Å². The van der Waals surface area contributed by atoms with E-state index in [0.717, 1.165) is 5.69 Å². The van der Waals surface area contributed by atoms with Gasteiger partial charge in [-0.15, -0.1) is 12.4 Å². The third kappa shape index (κ3) is 3.67. The average Bonchev–Trinajstić information content (AvgIpc) is 2.18. The van der Waals surface area contributed by atoms with Gasteiger partial charge in [0.25, 0.3) is 0 Å². The maximum absolute atomic E-state index is 11.3. The third-order valence-electron chi connectivity index (χ3n) is 1.82. The van der Waals surface area contributed by atoms with Crippen molar-refractivity contribution in [1.29, 1.82) is 0 Å². The summed E-state index contributed by atoms with van der Waals surface area (Å²) in [7, 11) is 1.66. The zero-order valence-corrected chi connectivity index (χ0v) is 9.58. The number of carbonyl (C=O) groups is 1. The van der Waals surface area contributed by atoms with Gasteiger partial charge in [0.1, 0.15) is 0 Å². The van der Waals surface area contributed by atoms with E-state index in [4.69, 9.17) is 10.5 Å². The number of carbonyl (C=O) groups excluding carboxylic acids is 1. The molecule has 0 spiro atoms. The first kappa shape index (κ1) is 13.6. The Hall–Kier alpha value is -1.42. The molecule has 0 bridgehead atoms. The van der Waals surface area contributed by atoms with Gasteiger partial charge in [0.15, 0.2) is 0 Å². The van der Waals surface area contributed by atoms with Crippen LogP contribution in [0.4, 0.5) is 16.2 Å². The van der Waals surface area contributed by atoms with Gasteiger partial charge in [-0.25, -0.2) is 4.79 Å². The van der Waals surface area contributed by atoms with Crippen molar-refractivity contribution in [3.05, 3.63) is 24.3 Å². The van der Waals surface area contributed by atoms with Crippen LogP contribution in [0.2, 0.25) is 0 Å². The smallest absolute Gasteiger partial charge is 0.413 e. The lowest BCUT2D eigenvalue weighted by molar-refractivity contribution is 0.161. The van der Waals surface area contributed by atoms with Crippen LogP contribution in [0.1, 0.15) is 6.92 Å². The number of benzene rings is 1. The van der Waals surface area contributed by atoms with Gasteiger partial charge in [0.05, 0.1) is 6.61 Å². The maximum atomic E-state index is 11.3. The van der Waals surface area contributed by atoms with Crippen LogP contribution in [-0.4, -0.2) is 19.7 Å².